The summed E-state index contributed by atoms with van der Waals surface area (Å²) in [5.41, 5.74) is 1.02. The number of rotatable bonds is 5. The van der Waals surface area contributed by atoms with Gasteiger partial charge in [-0.25, -0.2) is 19.5 Å². The summed E-state index contributed by atoms with van der Waals surface area (Å²) in [5.74, 6) is 0.0538. The Bertz CT molecular complexity index is 1220. The van der Waals surface area contributed by atoms with E-state index >= 15 is 0 Å². The van der Waals surface area contributed by atoms with Crippen LogP contribution >= 0.6 is 0 Å². The Morgan fingerprint density at radius 1 is 1.03 bits per heavy atom. The second-order valence-electron chi connectivity index (χ2n) is 7.04. The summed E-state index contributed by atoms with van der Waals surface area (Å²) in [5, 5.41) is 2.69. The zero-order valence-electron chi connectivity index (χ0n) is 16.5. The minimum absolute atomic E-state index is 0.0375. The summed E-state index contributed by atoms with van der Waals surface area (Å²) in [7, 11) is 0. The van der Waals surface area contributed by atoms with Gasteiger partial charge in [0.15, 0.2) is 5.65 Å². The lowest BCUT2D eigenvalue weighted by Gasteiger charge is -2.10. The molecule has 0 aliphatic heterocycles. The number of imidazole rings is 1. The number of halogens is 3. The highest BCUT2D eigenvalue weighted by atomic mass is 19.4. The molecule has 1 aromatic carbocycles. The zero-order chi connectivity index (χ0) is 22.0. The van der Waals surface area contributed by atoms with Crippen LogP contribution in [0.15, 0.2) is 60.8 Å². The fourth-order valence-electron chi connectivity index (χ4n) is 3.10. The molecule has 0 bridgehead atoms. The molecule has 3 heterocycles. The first kappa shape index (κ1) is 20.5. The molecule has 31 heavy (non-hydrogen) atoms. The fourth-order valence-corrected chi connectivity index (χ4v) is 3.10. The van der Waals surface area contributed by atoms with E-state index < -0.39 is 11.9 Å². The molecule has 4 rings (SSSR count). The van der Waals surface area contributed by atoms with E-state index in [9.17, 15) is 18.0 Å². The van der Waals surface area contributed by atoms with E-state index in [1.807, 2.05) is 37.3 Å². The third-order valence-corrected chi connectivity index (χ3v) is 4.65. The van der Waals surface area contributed by atoms with Gasteiger partial charge in [0.1, 0.15) is 17.0 Å². The molecular weight excluding hydrogens is 407 g/mol. The molecule has 6 nitrogen and oxygen atoms in total. The van der Waals surface area contributed by atoms with Crippen LogP contribution in [0.3, 0.4) is 0 Å². The lowest BCUT2D eigenvalue weighted by atomic mass is 10.1. The Hall–Kier alpha value is -3.75. The molecule has 0 radical (unpaired) electrons. The number of fused-ring (bicyclic) bond motifs is 1. The number of carbonyl (C=O) groups is 1. The van der Waals surface area contributed by atoms with Gasteiger partial charge in [0, 0.05) is 12.6 Å². The number of aryl methyl sites for hydroxylation is 2. The highest BCUT2D eigenvalue weighted by Gasteiger charge is 2.33. The topological polar surface area (TPSA) is 72.7 Å². The van der Waals surface area contributed by atoms with Gasteiger partial charge in [-0.2, -0.15) is 13.2 Å². The van der Waals surface area contributed by atoms with Crippen molar-refractivity contribution in [1.82, 2.24) is 19.5 Å². The Kier molecular flexibility index (Phi) is 5.41. The molecule has 1 amide bonds. The smallest absolute Gasteiger partial charge is 0.296 e. The van der Waals surface area contributed by atoms with Crippen LogP contribution in [0, 0.1) is 6.92 Å². The van der Waals surface area contributed by atoms with Gasteiger partial charge >= 0.3 is 6.18 Å². The number of anilines is 1. The Balaban J connectivity index is 1.70. The molecular formula is C22H18F3N5O. The summed E-state index contributed by atoms with van der Waals surface area (Å²) in [4.78, 5) is 24.9. The first-order chi connectivity index (χ1) is 14.8. The maximum absolute atomic E-state index is 13.2. The molecule has 4 aromatic rings. The molecule has 1 N–H and O–H groups in total. The van der Waals surface area contributed by atoms with Crippen LogP contribution in [0.25, 0.3) is 17.0 Å². The Morgan fingerprint density at radius 2 is 1.81 bits per heavy atom. The van der Waals surface area contributed by atoms with Crippen molar-refractivity contribution in [2.24, 2.45) is 0 Å². The van der Waals surface area contributed by atoms with Gasteiger partial charge in [-0.3, -0.25) is 10.1 Å². The lowest BCUT2D eigenvalue weighted by Crippen LogP contribution is -2.16. The maximum Gasteiger partial charge on any atom is 0.433 e. The second-order valence-corrected chi connectivity index (χ2v) is 7.04. The minimum atomic E-state index is -4.61. The van der Waals surface area contributed by atoms with Gasteiger partial charge < -0.3 is 0 Å². The molecule has 0 fully saturated rings. The predicted octanol–water partition coefficient (Wildman–Crippen LogP) is 4.71. The van der Waals surface area contributed by atoms with Crippen LogP contribution in [0.2, 0.25) is 0 Å². The van der Waals surface area contributed by atoms with Crippen molar-refractivity contribution in [3.8, 4) is 5.82 Å². The number of hydrogen-bond donors (Lipinski definition) is 1. The van der Waals surface area contributed by atoms with Crippen molar-refractivity contribution in [3.63, 3.8) is 0 Å². The van der Waals surface area contributed by atoms with Crippen LogP contribution in [0.1, 0.15) is 23.2 Å². The van der Waals surface area contributed by atoms with Crippen molar-refractivity contribution < 1.29 is 18.0 Å². The first-order valence-corrected chi connectivity index (χ1v) is 9.55. The van der Waals surface area contributed by atoms with Gasteiger partial charge in [0.25, 0.3) is 0 Å². The maximum atomic E-state index is 13.2. The fraction of sp³-hybridized carbons (Fsp3) is 0.182. The van der Waals surface area contributed by atoms with Crippen molar-refractivity contribution in [3.05, 3.63) is 77.6 Å². The molecule has 0 aliphatic rings. The average Bonchev–Trinajstić information content (AvgIpc) is 3.10. The third-order valence-electron chi connectivity index (χ3n) is 4.65. The largest absolute Gasteiger partial charge is 0.433 e. The average molecular weight is 425 g/mol. The summed E-state index contributed by atoms with van der Waals surface area (Å²) in [6.45, 7) is 1.84. The standard InChI is InChI=1S/C22H18F3N5O/c1-14-7-11-18(26-13-14)30-20-16(9-10-17(28-20)22(23,24)25)27-21(30)29-19(31)12-8-15-5-3-2-4-6-15/h2-7,9-11,13H,8,12H2,1H3,(H,27,29,31). The van der Waals surface area contributed by atoms with Crippen molar-refractivity contribution in [1.29, 1.82) is 0 Å². The molecule has 0 saturated carbocycles. The molecule has 0 atom stereocenters. The first-order valence-electron chi connectivity index (χ1n) is 9.55. The molecule has 0 saturated heterocycles. The number of nitrogens with one attached hydrogen (secondary N) is 1. The van der Waals surface area contributed by atoms with E-state index in [0.717, 1.165) is 17.2 Å². The number of alkyl halides is 3. The summed E-state index contributed by atoms with van der Waals surface area (Å²) in [6, 6.07) is 15.0. The minimum Gasteiger partial charge on any atom is -0.296 e. The number of amides is 1. The lowest BCUT2D eigenvalue weighted by molar-refractivity contribution is -0.141. The van der Waals surface area contributed by atoms with Crippen molar-refractivity contribution in [2.45, 2.75) is 25.9 Å². The number of aromatic nitrogens is 4. The summed E-state index contributed by atoms with van der Waals surface area (Å²) < 4.78 is 40.9. The molecule has 158 valence electrons. The van der Waals surface area contributed by atoms with Gasteiger partial charge in [-0.1, -0.05) is 36.4 Å². The van der Waals surface area contributed by atoms with E-state index in [0.29, 0.717) is 12.2 Å². The quantitative estimate of drug-likeness (QED) is 0.503. The van der Waals surface area contributed by atoms with E-state index in [1.54, 1.807) is 18.3 Å². The number of nitrogens with zero attached hydrogens (tertiary/aromatic N) is 4. The Labute approximate surface area is 175 Å². The van der Waals surface area contributed by atoms with Gasteiger partial charge in [0.05, 0.1) is 0 Å². The highest BCUT2D eigenvalue weighted by Crippen LogP contribution is 2.30. The van der Waals surface area contributed by atoms with Crippen LogP contribution < -0.4 is 5.32 Å². The molecule has 3 aromatic heterocycles. The van der Waals surface area contributed by atoms with Crippen molar-refractivity contribution in [2.75, 3.05) is 5.32 Å². The summed E-state index contributed by atoms with van der Waals surface area (Å²) in [6.07, 6.45) is -2.32. The van der Waals surface area contributed by atoms with Gasteiger partial charge in [0.2, 0.25) is 11.9 Å². The second kappa shape index (κ2) is 8.17. The van der Waals surface area contributed by atoms with Crippen LogP contribution in [0.4, 0.5) is 19.1 Å². The molecule has 0 unspecified atom stereocenters. The number of carbonyl (C=O) groups excluding carboxylic acids is 1. The third kappa shape index (κ3) is 4.55. The molecule has 0 spiro atoms. The van der Waals surface area contributed by atoms with E-state index in [-0.39, 0.29) is 29.4 Å². The number of pyridine rings is 2. The van der Waals surface area contributed by atoms with E-state index in [4.69, 9.17) is 0 Å². The monoisotopic (exact) mass is 425 g/mol. The Morgan fingerprint density at radius 3 is 2.48 bits per heavy atom. The van der Waals surface area contributed by atoms with Crippen LogP contribution in [-0.4, -0.2) is 25.4 Å². The normalized spacial score (nSPS) is 11.6. The van der Waals surface area contributed by atoms with Crippen LogP contribution in [-0.2, 0) is 17.4 Å². The predicted molar refractivity (Wildman–Crippen MR) is 110 cm³/mol. The SMILES string of the molecule is Cc1ccc(-n2c(NC(=O)CCc3ccccc3)nc3ccc(C(F)(F)F)nc32)nc1. The zero-order valence-corrected chi connectivity index (χ0v) is 16.5. The van der Waals surface area contributed by atoms with Crippen molar-refractivity contribution >= 4 is 23.0 Å². The van der Waals surface area contributed by atoms with E-state index in [1.165, 1.54) is 10.6 Å². The molecule has 9 heteroatoms. The van der Waals surface area contributed by atoms with Crippen LogP contribution in [0.5, 0.6) is 0 Å². The molecule has 0 aliphatic carbocycles. The number of benzene rings is 1. The highest BCUT2D eigenvalue weighted by molar-refractivity contribution is 5.91. The van der Waals surface area contributed by atoms with E-state index in [2.05, 4.69) is 20.3 Å². The van der Waals surface area contributed by atoms with Gasteiger partial charge in [-0.15, -0.1) is 0 Å². The van der Waals surface area contributed by atoms with Gasteiger partial charge in [-0.05, 0) is 42.7 Å². The number of hydrogen-bond acceptors (Lipinski definition) is 4. The summed E-state index contributed by atoms with van der Waals surface area (Å²) >= 11 is 0.